The summed E-state index contributed by atoms with van der Waals surface area (Å²) in [6, 6.07) is 7.10. The number of anilines is 1. The van der Waals surface area contributed by atoms with Crippen molar-refractivity contribution >= 4 is 23.3 Å². The highest BCUT2D eigenvalue weighted by atomic mass is 16.6. The molecule has 1 aromatic carbocycles. The Morgan fingerprint density at radius 1 is 1.26 bits per heavy atom. The smallest absolute Gasteiger partial charge is 0.338 e. The van der Waals surface area contributed by atoms with E-state index in [0.717, 1.165) is 17.5 Å². The predicted molar refractivity (Wildman–Crippen MR) is 111 cm³/mol. The maximum absolute atomic E-state index is 12.4. The quantitative estimate of drug-likeness (QED) is 0.332. The van der Waals surface area contributed by atoms with E-state index < -0.39 is 10.9 Å². The maximum Gasteiger partial charge on any atom is 0.338 e. The van der Waals surface area contributed by atoms with Crippen LogP contribution in [0.25, 0.3) is 0 Å². The number of nitro groups is 1. The molecule has 0 spiro atoms. The van der Waals surface area contributed by atoms with Crippen LogP contribution in [0.2, 0.25) is 0 Å². The Kier molecular flexibility index (Phi) is 6.43. The van der Waals surface area contributed by atoms with Crippen molar-refractivity contribution in [1.82, 2.24) is 19.6 Å². The van der Waals surface area contributed by atoms with E-state index in [4.69, 9.17) is 4.74 Å². The average molecular weight is 426 g/mol. The van der Waals surface area contributed by atoms with Crippen LogP contribution in [0.3, 0.4) is 0 Å². The predicted octanol–water partition coefficient (Wildman–Crippen LogP) is 2.47. The molecular weight excluding hydrogens is 404 g/mol. The van der Waals surface area contributed by atoms with E-state index in [0.29, 0.717) is 23.5 Å². The van der Waals surface area contributed by atoms with E-state index in [9.17, 15) is 19.7 Å². The molecule has 0 aliphatic carbocycles. The lowest BCUT2D eigenvalue weighted by molar-refractivity contribution is -0.385. The van der Waals surface area contributed by atoms with E-state index in [1.54, 1.807) is 23.7 Å². The second-order valence-electron chi connectivity index (χ2n) is 6.87. The SMILES string of the molecule is COC(=O)c1ccccc1Cn1nc(C)c(NC(=O)CCn2cc([N+](=O)[O-])cn2)c1C. The molecule has 2 heterocycles. The van der Waals surface area contributed by atoms with E-state index in [2.05, 4.69) is 15.5 Å². The minimum Gasteiger partial charge on any atom is -0.465 e. The van der Waals surface area contributed by atoms with Gasteiger partial charge in [-0.1, -0.05) is 18.2 Å². The van der Waals surface area contributed by atoms with Gasteiger partial charge in [0.1, 0.15) is 12.4 Å². The second kappa shape index (κ2) is 9.20. The number of nitrogens with zero attached hydrogens (tertiary/aromatic N) is 5. The number of rotatable bonds is 8. The molecule has 0 aliphatic rings. The third-order valence-corrected chi connectivity index (χ3v) is 4.79. The number of aromatic nitrogens is 4. The van der Waals surface area contributed by atoms with Gasteiger partial charge in [-0.05, 0) is 25.5 Å². The van der Waals surface area contributed by atoms with Crippen molar-refractivity contribution in [3.05, 3.63) is 69.3 Å². The number of aryl methyl sites for hydroxylation is 2. The number of carbonyl (C=O) groups excluding carboxylic acids is 2. The molecule has 11 nitrogen and oxygen atoms in total. The molecule has 3 aromatic rings. The van der Waals surface area contributed by atoms with E-state index in [-0.39, 0.29) is 24.6 Å². The first-order chi connectivity index (χ1) is 14.8. The number of nitrogens with one attached hydrogen (secondary N) is 1. The van der Waals surface area contributed by atoms with Gasteiger partial charge in [0.15, 0.2) is 0 Å². The molecule has 0 atom stereocenters. The molecule has 0 saturated carbocycles. The monoisotopic (exact) mass is 426 g/mol. The molecular formula is C20H22N6O5. The summed E-state index contributed by atoms with van der Waals surface area (Å²) in [5.41, 5.74) is 3.04. The van der Waals surface area contributed by atoms with E-state index in [1.807, 2.05) is 19.1 Å². The van der Waals surface area contributed by atoms with Gasteiger partial charge in [0, 0.05) is 13.0 Å². The summed E-state index contributed by atoms with van der Waals surface area (Å²) in [5.74, 6) is -0.691. The van der Waals surface area contributed by atoms with Gasteiger partial charge in [0.2, 0.25) is 5.91 Å². The van der Waals surface area contributed by atoms with E-state index in [1.165, 1.54) is 18.0 Å². The van der Waals surface area contributed by atoms with Gasteiger partial charge in [0.25, 0.3) is 0 Å². The third kappa shape index (κ3) is 4.94. The first-order valence-corrected chi connectivity index (χ1v) is 9.47. The number of benzene rings is 1. The standard InChI is InChI=1S/C20H22N6O5/c1-13-19(22-18(27)8-9-24-12-16(10-21-24)26(29)30)14(2)25(23-13)11-15-6-4-5-7-17(15)20(28)31-3/h4-7,10,12H,8-9,11H2,1-3H3,(H,22,27). The number of methoxy groups -OCH3 is 1. The number of ether oxygens (including phenoxy) is 1. The Labute approximate surface area is 177 Å². The van der Waals surface area contributed by atoms with Crippen molar-refractivity contribution < 1.29 is 19.2 Å². The van der Waals surface area contributed by atoms with Crippen LogP contribution in [-0.4, -0.2) is 43.5 Å². The van der Waals surface area contributed by atoms with Crippen molar-refractivity contribution in [3.63, 3.8) is 0 Å². The number of carbonyl (C=O) groups is 2. The minimum absolute atomic E-state index is 0.0913. The highest BCUT2D eigenvalue weighted by molar-refractivity contribution is 5.92. The van der Waals surface area contributed by atoms with Crippen LogP contribution in [0.1, 0.15) is 33.7 Å². The molecule has 3 rings (SSSR count). The molecule has 0 radical (unpaired) electrons. The van der Waals surface area contributed by atoms with Crippen molar-refractivity contribution in [2.45, 2.75) is 33.4 Å². The number of esters is 1. The van der Waals surface area contributed by atoms with Crippen LogP contribution >= 0.6 is 0 Å². The Hall–Kier alpha value is -4.02. The lowest BCUT2D eigenvalue weighted by Gasteiger charge is -2.10. The van der Waals surface area contributed by atoms with Gasteiger partial charge in [-0.2, -0.15) is 10.2 Å². The fourth-order valence-corrected chi connectivity index (χ4v) is 3.15. The molecule has 1 amide bonds. The summed E-state index contributed by atoms with van der Waals surface area (Å²) in [4.78, 5) is 34.6. The van der Waals surface area contributed by atoms with Gasteiger partial charge in [-0.25, -0.2) is 4.79 Å². The summed E-state index contributed by atoms with van der Waals surface area (Å²) in [6.07, 6.45) is 2.51. The Balaban J connectivity index is 1.69. The van der Waals surface area contributed by atoms with Gasteiger partial charge >= 0.3 is 11.7 Å². The highest BCUT2D eigenvalue weighted by Crippen LogP contribution is 2.22. The fourth-order valence-electron chi connectivity index (χ4n) is 3.15. The second-order valence-corrected chi connectivity index (χ2v) is 6.87. The van der Waals surface area contributed by atoms with Crippen LogP contribution in [0.4, 0.5) is 11.4 Å². The summed E-state index contributed by atoms with van der Waals surface area (Å²) in [7, 11) is 1.33. The van der Waals surface area contributed by atoms with Crippen LogP contribution in [0, 0.1) is 24.0 Å². The zero-order valence-electron chi connectivity index (χ0n) is 17.4. The fraction of sp³-hybridized carbons (Fsp3) is 0.300. The zero-order valence-corrected chi connectivity index (χ0v) is 17.4. The molecule has 162 valence electrons. The molecule has 31 heavy (non-hydrogen) atoms. The van der Waals surface area contributed by atoms with Crippen molar-refractivity contribution in [1.29, 1.82) is 0 Å². The van der Waals surface area contributed by atoms with Crippen molar-refractivity contribution in [2.24, 2.45) is 0 Å². The topological polar surface area (TPSA) is 134 Å². The molecule has 11 heteroatoms. The largest absolute Gasteiger partial charge is 0.465 e. The van der Waals surface area contributed by atoms with Crippen LogP contribution < -0.4 is 5.32 Å². The molecule has 0 bridgehead atoms. The summed E-state index contributed by atoms with van der Waals surface area (Å²) in [6.45, 7) is 4.15. The van der Waals surface area contributed by atoms with Gasteiger partial charge < -0.3 is 10.1 Å². The summed E-state index contributed by atoms with van der Waals surface area (Å²) >= 11 is 0. The average Bonchev–Trinajstić information content (AvgIpc) is 3.33. The van der Waals surface area contributed by atoms with Crippen LogP contribution in [0.15, 0.2) is 36.7 Å². The van der Waals surface area contributed by atoms with Gasteiger partial charge in [0.05, 0.1) is 41.2 Å². The van der Waals surface area contributed by atoms with Crippen molar-refractivity contribution in [2.75, 3.05) is 12.4 Å². The molecule has 0 aliphatic heterocycles. The van der Waals surface area contributed by atoms with Gasteiger partial charge in [-0.3, -0.25) is 24.3 Å². The maximum atomic E-state index is 12.4. The third-order valence-electron chi connectivity index (χ3n) is 4.79. The normalized spacial score (nSPS) is 10.7. The van der Waals surface area contributed by atoms with E-state index >= 15 is 0 Å². The Bertz CT molecular complexity index is 1130. The summed E-state index contributed by atoms with van der Waals surface area (Å²) in [5, 5.41) is 21.9. The van der Waals surface area contributed by atoms with Crippen LogP contribution in [-0.2, 0) is 22.6 Å². The first-order valence-electron chi connectivity index (χ1n) is 9.47. The number of hydrogen-bond acceptors (Lipinski definition) is 7. The Morgan fingerprint density at radius 2 is 2.00 bits per heavy atom. The lowest BCUT2D eigenvalue weighted by Crippen LogP contribution is -2.16. The number of hydrogen-bond donors (Lipinski definition) is 1. The molecule has 1 N–H and O–H groups in total. The van der Waals surface area contributed by atoms with Crippen LogP contribution in [0.5, 0.6) is 0 Å². The first kappa shape index (κ1) is 21.7. The molecule has 0 fully saturated rings. The minimum atomic E-state index is -0.539. The van der Waals surface area contributed by atoms with Crippen molar-refractivity contribution in [3.8, 4) is 0 Å². The Morgan fingerprint density at radius 3 is 2.68 bits per heavy atom. The lowest BCUT2D eigenvalue weighted by atomic mass is 10.1. The van der Waals surface area contributed by atoms with Gasteiger partial charge in [-0.15, -0.1) is 0 Å². The molecule has 0 unspecified atom stereocenters. The molecule has 0 saturated heterocycles. The summed E-state index contributed by atoms with van der Waals surface area (Å²) < 4.78 is 7.90. The number of amides is 1. The molecule has 2 aromatic heterocycles. The highest BCUT2D eigenvalue weighted by Gasteiger charge is 2.17. The zero-order chi connectivity index (χ0) is 22.5.